The molecule has 0 atom stereocenters. The number of nitrogens with zero attached hydrogens (tertiary/aromatic N) is 2. The lowest BCUT2D eigenvalue weighted by atomic mass is 10.4. The molecule has 1 aromatic heterocycles. The van der Waals surface area contributed by atoms with Crippen LogP contribution in [0.2, 0.25) is 0 Å². The van der Waals surface area contributed by atoms with Crippen molar-refractivity contribution in [3.05, 3.63) is 18.0 Å². The second kappa shape index (κ2) is 5.70. The van der Waals surface area contributed by atoms with Gasteiger partial charge in [0.25, 0.3) is 0 Å². The van der Waals surface area contributed by atoms with Gasteiger partial charge in [0.15, 0.2) is 0 Å². The lowest BCUT2D eigenvalue weighted by molar-refractivity contribution is 0.0683. The van der Waals surface area contributed by atoms with E-state index in [0.717, 1.165) is 17.9 Å². The number of hydrogen-bond donors (Lipinski definition) is 1. The molecule has 0 aromatic carbocycles. The number of aromatic nitrogens is 2. The fraction of sp³-hybridized carbons (Fsp3) is 0.556. The average Bonchev–Trinajstić information content (AvgIpc) is 2.60. The molecule has 1 aromatic rings. The highest BCUT2D eigenvalue weighted by Gasteiger charge is 2.08. The minimum absolute atomic E-state index is 0.270. The van der Waals surface area contributed by atoms with Crippen molar-refractivity contribution in [1.29, 1.82) is 0 Å². The molecule has 0 amide bonds. The SMILES string of the molecule is CCSCCCn1nccc1C(=O)O. The first kappa shape index (κ1) is 11.1. The summed E-state index contributed by atoms with van der Waals surface area (Å²) in [6.45, 7) is 2.79. The molecule has 78 valence electrons. The van der Waals surface area contributed by atoms with Gasteiger partial charge in [0.2, 0.25) is 0 Å². The van der Waals surface area contributed by atoms with E-state index in [1.165, 1.54) is 12.3 Å². The fourth-order valence-corrected chi connectivity index (χ4v) is 1.78. The lowest BCUT2D eigenvalue weighted by Crippen LogP contribution is -2.10. The van der Waals surface area contributed by atoms with Crippen LogP contribution in [0.1, 0.15) is 23.8 Å². The van der Waals surface area contributed by atoms with Crippen molar-refractivity contribution in [3.8, 4) is 0 Å². The molecule has 0 spiro atoms. The summed E-state index contributed by atoms with van der Waals surface area (Å²) in [5, 5.41) is 12.8. The molecule has 0 aliphatic heterocycles. The monoisotopic (exact) mass is 214 g/mol. The van der Waals surface area contributed by atoms with Gasteiger partial charge in [-0.2, -0.15) is 16.9 Å². The third-order valence-electron chi connectivity index (χ3n) is 1.80. The van der Waals surface area contributed by atoms with E-state index in [9.17, 15) is 4.79 Å². The molecular formula is C9H14N2O2S. The lowest BCUT2D eigenvalue weighted by Gasteiger charge is -2.03. The van der Waals surface area contributed by atoms with Crippen LogP contribution in [0.25, 0.3) is 0 Å². The average molecular weight is 214 g/mol. The molecule has 14 heavy (non-hydrogen) atoms. The number of aryl methyl sites for hydroxylation is 1. The largest absolute Gasteiger partial charge is 0.477 e. The highest BCUT2D eigenvalue weighted by atomic mass is 32.2. The van der Waals surface area contributed by atoms with Crippen molar-refractivity contribution in [3.63, 3.8) is 0 Å². The van der Waals surface area contributed by atoms with Crippen LogP contribution in [-0.4, -0.2) is 32.4 Å². The van der Waals surface area contributed by atoms with Crippen LogP contribution < -0.4 is 0 Å². The molecule has 1 heterocycles. The van der Waals surface area contributed by atoms with E-state index < -0.39 is 5.97 Å². The summed E-state index contributed by atoms with van der Waals surface area (Å²) in [7, 11) is 0. The zero-order chi connectivity index (χ0) is 10.4. The summed E-state index contributed by atoms with van der Waals surface area (Å²) in [5.41, 5.74) is 0.270. The molecule has 0 bridgehead atoms. The Labute approximate surface area is 87.3 Å². The van der Waals surface area contributed by atoms with Crippen LogP contribution in [0.5, 0.6) is 0 Å². The van der Waals surface area contributed by atoms with E-state index in [2.05, 4.69) is 12.0 Å². The van der Waals surface area contributed by atoms with Gasteiger partial charge in [-0.15, -0.1) is 0 Å². The Hall–Kier alpha value is -0.970. The van der Waals surface area contributed by atoms with E-state index in [0.29, 0.717) is 6.54 Å². The Bertz CT molecular complexity index is 299. The Morgan fingerprint density at radius 3 is 3.14 bits per heavy atom. The van der Waals surface area contributed by atoms with Crippen molar-refractivity contribution in [2.45, 2.75) is 19.9 Å². The van der Waals surface area contributed by atoms with Crippen LogP contribution in [0.4, 0.5) is 0 Å². The van der Waals surface area contributed by atoms with Gasteiger partial charge in [-0.3, -0.25) is 4.68 Å². The number of hydrogen-bond acceptors (Lipinski definition) is 3. The Morgan fingerprint density at radius 2 is 2.50 bits per heavy atom. The van der Waals surface area contributed by atoms with Crippen LogP contribution in [-0.2, 0) is 6.54 Å². The van der Waals surface area contributed by atoms with Crippen LogP contribution >= 0.6 is 11.8 Å². The zero-order valence-electron chi connectivity index (χ0n) is 8.14. The van der Waals surface area contributed by atoms with Gasteiger partial charge >= 0.3 is 5.97 Å². The summed E-state index contributed by atoms with van der Waals surface area (Å²) in [6.07, 6.45) is 2.48. The smallest absolute Gasteiger partial charge is 0.354 e. The van der Waals surface area contributed by atoms with Gasteiger partial charge in [-0.05, 0) is 24.0 Å². The van der Waals surface area contributed by atoms with E-state index in [1.807, 2.05) is 11.8 Å². The van der Waals surface area contributed by atoms with Crippen LogP contribution in [0.3, 0.4) is 0 Å². The van der Waals surface area contributed by atoms with Gasteiger partial charge in [-0.25, -0.2) is 4.79 Å². The summed E-state index contributed by atoms with van der Waals surface area (Å²) >= 11 is 1.86. The summed E-state index contributed by atoms with van der Waals surface area (Å²) in [5.74, 6) is 1.24. The highest BCUT2D eigenvalue weighted by Crippen LogP contribution is 2.04. The minimum Gasteiger partial charge on any atom is -0.477 e. The second-order valence-corrected chi connectivity index (χ2v) is 4.19. The number of carboxylic acid groups (broad SMARTS) is 1. The van der Waals surface area contributed by atoms with Crippen molar-refractivity contribution >= 4 is 17.7 Å². The highest BCUT2D eigenvalue weighted by molar-refractivity contribution is 7.99. The standard InChI is InChI=1S/C9H14N2O2S/c1-2-14-7-3-6-11-8(9(12)13)4-5-10-11/h4-5H,2-3,6-7H2,1H3,(H,12,13). The number of rotatable bonds is 6. The normalized spacial score (nSPS) is 10.4. The van der Waals surface area contributed by atoms with Gasteiger partial charge in [0.05, 0.1) is 0 Å². The molecular weight excluding hydrogens is 200 g/mol. The quantitative estimate of drug-likeness (QED) is 0.733. The molecule has 0 fully saturated rings. The molecule has 0 saturated carbocycles. The molecule has 5 heteroatoms. The zero-order valence-corrected chi connectivity index (χ0v) is 8.96. The number of carbonyl (C=O) groups is 1. The molecule has 0 unspecified atom stereocenters. The van der Waals surface area contributed by atoms with Crippen LogP contribution in [0.15, 0.2) is 12.3 Å². The van der Waals surface area contributed by atoms with Gasteiger partial charge < -0.3 is 5.11 Å². The Morgan fingerprint density at radius 1 is 1.71 bits per heavy atom. The second-order valence-electron chi connectivity index (χ2n) is 2.80. The van der Waals surface area contributed by atoms with Crippen molar-refractivity contribution in [2.75, 3.05) is 11.5 Å². The Kier molecular flexibility index (Phi) is 4.52. The predicted octanol–water partition coefficient (Wildman–Crippen LogP) is 1.72. The molecule has 0 aliphatic rings. The van der Waals surface area contributed by atoms with Gasteiger partial charge in [0, 0.05) is 12.7 Å². The third-order valence-corrected chi connectivity index (χ3v) is 2.78. The molecule has 1 N–H and O–H groups in total. The van der Waals surface area contributed by atoms with Crippen molar-refractivity contribution < 1.29 is 9.90 Å². The molecule has 0 radical (unpaired) electrons. The number of aromatic carboxylic acids is 1. The maximum Gasteiger partial charge on any atom is 0.354 e. The summed E-state index contributed by atoms with van der Waals surface area (Å²) < 4.78 is 1.54. The predicted molar refractivity (Wildman–Crippen MR) is 56.8 cm³/mol. The molecule has 1 rings (SSSR count). The first-order valence-corrected chi connectivity index (χ1v) is 5.74. The summed E-state index contributed by atoms with van der Waals surface area (Å²) in [4.78, 5) is 10.7. The molecule has 0 saturated heterocycles. The van der Waals surface area contributed by atoms with E-state index in [1.54, 1.807) is 4.68 Å². The Balaban J connectivity index is 2.42. The number of thioether (sulfide) groups is 1. The maximum atomic E-state index is 10.7. The first-order chi connectivity index (χ1) is 6.75. The van der Waals surface area contributed by atoms with Crippen molar-refractivity contribution in [1.82, 2.24) is 9.78 Å². The van der Waals surface area contributed by atoms with E-state index in [-0.39, 0.29) is 5.69 Å². The van der Waals surface area contributed by atoms with Gasteiger partial charge in [-0.1, -0.05) is 6.92 Å². The molecule has 4 nitrogen and oxygen atoms in total. The minimum atomic E-state index is -0.911. The number of carboxylic acids is 1. The van der Waals surface area contributed by atoms with Crippen molar-refractivity contribution in [2.24, 2.45) is 0 Å². The van der Waals surface area contributed by atoms with Gasteiger partial charge in [0.1, 0.15) is 5.69 Å². The topological polar surface area (TPSA) is 55.1 Å². The van der Waals surface area contributed by atoms with E-state index >= 15 is 0 Å². The third kappa shape index (κ3) is 3.06. The fourth-order valence-electron chi connectivity index (χ4n) is 1.15. The van der Waals surface area contributed by atoms with E-state index in [4.69, 9.17) is 5.11 Å². The first-order valence-electron chi connectivity index (χ1n) is 4.58. The molecule has 0 aliphatic carbocycles. The van der Waals surface area contributed by atoms with Crippen LogP contribution in [0, 0.1) is 0 Å². The maximum absolute atomic E-state index is 10.7. The summed E-state index contributed by atoms with van der Waals surface area (Å²) in [6, 6.07) is 1.52.